The van der Waals surface area contributed by atoms with E-state index in [0.29, 0.717) is 13.2 Å². The molecule has 1 aromatic carbocycles. The lowest BCUT2D eigenvalue weighted by molar-refractivity contribution is 0.336. The van der Waals surface area contributed by atoms with E-state index in [9.17, 15) is 0 Å². The molecule has 0 fully saturated rings. The van der Waals surface area contributed by atoms with Crippen molar-refractivity contribution in [2.45, 2.75) is 26.1 Å². The van der Waals surface area contributed by atoms with Crippen LogP contribution in [0.4, 0.5) is 0 Å². The van der Waals surface area contributed by atoms with E-state index in [0.717, 1.165) is 6.32 Å². The Balaban J connectivity index is 2.55. The fraction of sp³-hybridized carbons (Fsp3) is 0.500. The third-order valence-corrected chi connectivity index (χ3v) is 2.43. The molecule has 0 unspecified atom stereocenters. The minimum absolute atomic E-state index is 0.217. The minimum atomic E-state index is 0.217. The molecular formula is C12H20BNO. The van der Waals surface area contributed by atoms with Crippen LogP contribution in [-0.4, -0.2) is 20.1 Å². The minimum Gasteiger partial charge on any atom is -0.429 e. The predicted octanol–water partition coefficient (Wildman–Crippen LogP) is 1.66. The monoisotopic (exact) mass is 205 g/mol. The van der Waals surface area contributed by atoms with Gasteiger partial charge in [-0.2, -0.15) is 0 Å². The van der Waals surface area contributed by atoms with Crippen molar-refractivity contribution >= 4 is 12.4 Å². The SMILES string of the molecule is CCCCB(OCCN)c1ccccc1. The van der Waals surface area contributed by atoms with Crippen molar-refractivity contribution in [1.29, 1.82) is 0 Å². The lowest BCUT2D eigenvalue weighted by Crippen LogP contribution is -2.34. The number of hydrogen-bond donors (Lipinski definition) is 1. The van der Waals surface area contributed by atoms with Crippen molar-refractivity contribution in [3.63, 3.8) is 0 Å². The van der Waals surface area contributed by atoms with Crippen molar-refractivity contribution < 1.29 is 4.65 Å². The molecule has 0 spiro atoms. The number of hydrogen-bond acceptors (Lipinski definition) is 2. The van der Waals surface area contributed by atoms with Crippen LogP contribution in [0.2, 0.25) is 6.32 Å². The van der Waals surface area contributed by atoms with Gasteiger partial charge in [0.2, 0.25) is 0 Å². The van der Waals surface area contributed by atoms with Gasteiger partial charge in [-0.1, -0.05) is 50.1 Å². The lowest BCUT2D eigenvalue weighted by Gasteiger charge is -2.13. The quantitative estimate of drug-likeness (QED) is 0.687. The van der Waals surface area contributed by atoms with Crippen molar-refractivity contribution in [1.82, 2.24) is 0 Å². The first-order valence-electron chi connectivity index (χ1n) is 5.75. The van der Waals surface area contributed by atoms with E-state index in [2.05, 4.69) is 31.2 Å². The second-order valence-electron chi connectivity index (χ2n) is 3.70. The van der Waals surface area contributed by atoms with Gasteiger partial charge >= 0.3 is 6.92 Å². The fourth-order valence-electron chi connectivity index (χ4n) is 1.61. The first-order valence-corrected chi connectivity index (χ1v) is 5.75. The summed E-state index contributed by atoms with van der Waals surface area (Å²) in [4.78, 5) is 0. The summed E-state index contributed by atoms with van der Waals surface area (Å²) < 4.78 is 5.75. The van der Waals surface area contributed by atoms with Crippen LogP contribution in [0.25, 0.3) is 0 Å². The second-order valence-corrected chi connectivity index (χ2v) is 3.70. The van der Waals surface area contributed by atoms with Crippen molar-refractivity contribution in [2.75, 3.05) is 13.2 Å². The maximum atomic E-state index is 5.75. The molecule has 0 aliphatic rings. The van der Waals surface area contributed by atoms with Gasteiger partial charge in [-0.15, -0.1) is 0 Å². The lowest BCUT2D eigenvalue weighted by atomic mass is 9.57. The largest absolute Gasteiger partial charge is 0.429 e. The number of nitrogens with two attached hydrogens (primary N) is 1. The van der Waals surface area contributed by atoms with Gasteiger partial charge in [-0.3, -0.25) is 0 Å². The normalized spacial score (nSPS) is 10.3. The highest BCUT2D eigenvalue weighted by atomic mass is 16.4. The van der Waals surface area contributed by atoms with Crippen LogP contribution in [0, 0.1) is 0 Å². The molecule has 0 amide bonds. The highest BCUT2D eigenvalue weighted by Crippen LogP contribution is 2.03. The Morgan fingerprint density at radius 1 is 1.27 bits per heavy atom. The van der Waals surface area contributed by atoms with E-state index in [1.165, 1.54) is 18.3 Å². The van der Waals surface area contributed by atoms with Gasteiger partial charge in [0, 0.05) is 13.2 Å². The Morgan fingerprint density at radius 2 is 2.00 bits per heavy atom. The van der Waals surface area contributed by atoms with Crippen LogP contribution < -0.4 is 11.2 Å². The fourth-order valence-corrected chi connectivity index (χ4v) is 1.61. The van der Waals surface area contributed by atoms with Crippen molar-refractivity contribution in [3.8, 4) is 0 Å². The van der Waals surface area contributed by atoms with Crippen molar-refractivity contribution in [2.24, 2.45) is 5.73 Å². The summed E-state index contributed by atoms with van der Waals surface area (Å²) in [6, 6.07) is 10.4. The van der Waals surface area contributed by atoms with E-state index < -0.39 is 0 Å². The molecule has 1 rings (SSSR count). The van der Waals surface area contributed by atoms with Gasteiger partial charge in [0.25, 0.3) is 0 Å². The van der Waals surface area contributed by atoms with E-state index in [1.54, 1.807) is 0 Å². The van der Waals surface area contributed by atoms with Crippen LogP contribution >= 0.6 is 0 Å². The summed E-state index contributed by atoms with van der Waals surface area (Å²) in [6.07, 6.45) is 3.49. The number of benzene rings is 1. The molecule has 0 aliphatic carbocycles. The van der Waals surface area contributed by atoms with Crippen molar-refractivity contribution in [3.05, 3.63) is 30.3 Å². The van der Waals surface area contributed by atoms with E-state index in [4.69, 9.17) is 10.4 Å². The van der Waals surface area contributed by atoms with Gasteiger partial charge in [-0.25, -0.2) is 0 Å². The molecule has 0 radical (unpaired) electrons. The second kappa shape index (κ2) is 7.49. The zero-order valence-corrected chi connectivity index (χ0v) is 9.49. The summed E-state index contributed by atoms with van der Waals surface area (Å²) >= 11 is 0. The van der Waals surface area contributed by atoms with Gasteiger partial charge in [-0.05, 0) is 11.8 Å². The standard InChI is InChI=1S/C12H20BNO/c1-2-3-9-13(15-11-10-14)12-7-5-4-6-8-12/h4-8H,2-3,9-11,14H2,1H3. The molecule has 2 N–H and O–H groups in total. The maximum absolute atomic E-state index is 5.75. The van der Waals surface area contributed by atoms with E-state index in [-0.39, 0.29) is 6.92 Å². The molecule has 0 saturated heterocycles. The Kier molecular flexibility index (Phi) is 6.13. The average Bonchev–Trinajstić information content (AvgIpc) is 2.30. The maximum Gasteiger partial charge on any atom is 0.326 e. The third kappa shape index (κ3) is 4.49. The summed E-state index contributed by atoms with van der Waals surface area (Å²) in [7, 11) is 0. The van der Waals surface area contributed by atoms with E-state index in [1.807, 2.05) is 6.07 Å². The molecule has 0 heterocycles. The topological polar surface area (TPSA) is 35.2 Å². The van der Waals surface area contributed by atoms with Crippen LogP contribution in [0.3, 0.4) is 0 Å². The first kappa shape index (κ1) is 12.3. The Labute approximate surface area is 92.9 Å². The van der Waals surface area contributed by atoms with Crippen LogP contribution in [0.15, 0.2) is 30.3 Å². The number of rotatable bonds is 7. The molecule has 0 bridgehead atoms. The van der Waals surface area contributed by atoms with Crippen LogP contribution in [-0.2, 0) is 4.65 Å². The number of unbranched alkanes of at least 4 members (excludes halogenated alkanes) is 1. The summed E-state index contributed by atoms with van der Waals surface area (Å²) in [5.41, 5.74) is 6.72. The first-order chi connectivity index (χ1) is 7.38. The zero-order valence-electron chi connectivity index (χ0n) is 9.49. The van der Waals surface area contributed by atoms with Crippen LogP contribution in [0.5, 0.6) is 0 Å². The summed E-state index contributed by atoms with van der Waals surface area (Å²) in [6.45, 7) is 3.65. The highest BCUT2D eigenvalue weighted by Gasteiger charge is 2.16. The molecule has 3 heteroatoms. The smallest absolute Gasteiger partial charge is 0.326 e. The van der Waals surface area contributed by atoms with Gasteiger partial charge in [0.15, 0.2) is 0 Å². The zero-order chi connectivity index (χ0) is 10.9. The third-order valence-electron chi connectivity index (χ3n) is 2.43. The summed E-state index contributed by atoms with van der Waals surface area (Å²) in [5.74, 6) is 0. The highest BCUT2D eigenvalue weighted by molar-refractivity contribution is 6.67. The molecular weight excluding hydrogens is 185 g/mol. The van der Waals surface area contributed by atoms with E-state index >= 15 is 0 Å². The molecule has 15 heavy (non-hydrogen) atoms. The van der Waals surface area contributed by atoms with Gasteiger partial charge in [0.05, 0.1) is 0 Å². The predicted molar refractivity (Wildman–Crippen MR) is 66.6 cm³/mol. The molecule has 0 aromatic heterocycles. The van der Waals surface area contributed by atoms with Gasteiger partial charge < -0.3 is 10.4 Å². The average molecular weight is 205 g/mol. The Hall–Kier alpha value is -0.795. The Bertz CT molecular complexity index is 245. The molecule has 1 aromatic rings. The van der Waals surface area contributed by atoms with Gasteiger partial charge in [0.1, 0.15) is 0 Å². The molecule has 0 saturated carbocycles. The van der Waals surface area contributed by atoms with Crippen LogP contribution in [0.1, 0.15) is 19.8 Å². The molecule has 0 atom stereocenters. The molecule has 2 nitrogen and oxygen atoms in total. The molecule has 0 aliphatic heterocycles. The Morgan fingerprint density at radius 3 is 2.60 bits per heavy atom. The summed E-state index contributed by atoms with van der Waals surface area (Å²) in [5, 5.41) is 0. The molecule has 82 valence electrons.